The highest BCUT2D eigenvalue weighted by atomic mass is 32.2. The van der Waals surface area contributed by atoms with Crippen molar-refractivity contribution in [2.24, 2.45) is 0 Å². The molecule has 0 saturated carbocycles. The van der Waals surface area contributed by atoms with Crippen molar-refractivity contribution in [2.75, 3.05) is 0 Å². The van der Waals surface area contributed by atoms with Gasteiger partial charge in [0.15, 0.2) is 5.82 Å². The molecule has 3 rings (SSSR count). The Morgan fingerprint density at radius 2 is 2.14 bits per heavy atom. The van der Waals surface area contributed by atoms with E-state index in [2.05, 4.69) is 52.4 Å². The first-order valence-corrected chi connectivity index (χ1v) is 8.58. The Hall–Kier alpha value is -2.10. The number of nitrogens with zero attached hydrogens (tertiary/aromatic N) is 3. The van der Waals surface area contributed by atoms with Crippen LogP contribution in [0.1, 0.15) is 11.1 Å². The quantitative estimate of drug-likeness (QED) is 0.718. The van der Waals surface area contributed by atoms with E-state index < -0.39 is 0 Å². The molecule has 0 saturated heterocycles. The number of benzene rings is 1. The molecule has 2 aromatic heterocycles. The Bertz CT molecular complexity index is 769. The highest BCUT2D eigenvalue weighted by Crippen LogP contribution is 2.26. The maximum atomic E-state index is 9.36. The molecule has 0 spiro atoms. The molecule has 22 heavy (non-hydrogen) atoms. The standard InChI is InChI=1S/C16H14N4S2/c1-11-4-6-12(7-5-11)9-13(10-17)22-16-18-15(19-20-16)14-3-2-8-21-14/h2-8,13H,9H2,1H3,(H,18,19,20)/t13-/m0/s1. The van der Waals surface area contributed by atoms with Gasteiger partial charge in [-0.05, 0) is 30.4 Å². The van der Waals surface area contributed by atoms with E-state index in [-0.39, 0.29) is 5.25 Å². The van der Waals surface area contributed by atoms with Crippen LogP contribution in [0.4, 0.5) is 0 Å². The number of hydrogen-bond acceptors (Lipinski definition) is 5. The fourth-order valence-electron chi connectivity index (χ4n) is 2.00. The van der Waals surface area contributed by atoms with Crippen molar-refractivity contribution in [2.45, 2.75) is 23.8 Å². The minimum absolute atomic E-state index is 0.199. The maximum absolute atomic E-state index is 9.36. The first kappa shape index (κ1) is 14.8. The molecule has 1 N–H and O–H groups in total. The number of hydrogen-bond donors (Lipinski definition) is 1. The lowest BCUT2D eigenvalue weighted by Gasteiger charge is -2.06. The second-order valence-corrected chi connectivity index (χ2v) is 6.99. The molecule has 0 aliphatic rings. The number of H-pyrrole nitrogens is 1. The molecule has 0 unspecified atom stereocenters. The van der Waals surface area contributed by atoms with Gasteiger partial charge >= 0.3 is 0 Å². The molecular formula is C16H14N4S2. The largest absolute Gasteiger partial charge is 0.257 e. The van der Waals surface area contributed by atoms with Crippen LogP contribution in [-0.2, 0) is 6.42 Å². The van der Waals surface area contributed by atoms with E-state index in [0.29, 0.717) is 11.6 Å². The second-order valence-electron chi connectivity index (χ2n) is 4.87. The van der Waals surface area contributed by atoms with Crippen molar-refractivity contribution in [3.63, 3.8) is 0 Å². The summed E-state index contributed by atoms with van der Waals surface area (Å²) < 4.78 is 0. The van der Waals surface area contributed by atoms with Crippen LogP contribution in [0.15, 0.2) is 46.9 Å². The monoisotopic (exact) mass is 326 g/mol. The van der Waals surface area contributed by atoms with Gasteiger partial charge in [-0.15, -0.1) is 16.4 Å². The SMILES string of the molecule is Cc1ccc(C[C@@H](C#N)Sc2n[nH]c(-c3cccs3)n2)cc1. The third-order valence-electron chi connectivity index (χ3n) is 3.15. The normalized spacial score (nSPS) is 12.0. The van der Waals surface area contributed by atoms with Gasteiger partial charge in [0.05, 0.1) is 10.9 Å². The van der Waals surface area contributed by atoms with Gasteiger partial charge in [-0.3, -0.25) is 5.10 Å². The number of nitriles is 1. The Morgan fingerprint density at radius 1 is 1.32 bits per heavy atom. The summed E-state index contributed by atoms with van der Waals surface area (Å²) in [5, 5.41) is 18.9. The summed E-state index contributed by atoms with van der Waals surface area (Å²) in [6.07, 6.45) is 0.685. The summed E-state index contributed by atoms with van der Waals surface area (Å²) >= 11 is 3.01. The Labute approximate surface area is 137 Å². The van der Waals surface area contributed by atoms with Gasteiger partial charge in [0.25, 0.3) is 0 Å². The summed E-state index contributed by atoms with van der Waals surface area (Å²) in [5.74, 6) is 0.754. The van der Waals surface area contributed by atoms with Crippen molar-refractivity contribution in [3.05, 3.63) is 52.9 Å². The summed E-state index contributed by atoms with van der Waals surface area (Å²) in [6.45, 7) is 2.06. The molecule has 0 amide bonds. The van der Waals surface area contributed by atoms with Crippen molar-refractivity contribution < 1.29 is 0 Å². The molecule has 0 radical (unpaired) electrons. The number of thioether (sulfide) groups is 1. The predicted octanol–water partition coefficient (Wildman–Crippen LogP) is 4.07. The molecule has 1 atom stereocenters. The van der Waals surface area contributed by atoms with Gasteiger partial charge in [0, 0.05) is 0 Å². The fourth-order valence-corrected chi connectivity index (χ4v) is 3.49. The third-order valence-corrected chi connectivity index (χ3v) is 4.98. The molecule has 3 aromatic rings. The average molecular weight is 326 g/mol. The van der Waals surface area contributed by atoms with Crippen molar-refractivity contribution >= 4 is 23.1 Å². The van der Waals surface area contributed by atoms with Crippen LogP contribution in [0.2, 0.25) is 0 Å². The minimum Gasteiger partial charge on any atom is -0.257 e. The number of rotatable bonds is 5. The zero-order chi connectivity index (χ0) is 15.4. The highest BCUT2D eigenvalue weighted by Gasteiger charge is 2.15. The number of aromatic nitrogens is 3. The molecule has 6 heteroatoms. The van der Waals surface area contributed by atoms with Crippen molar-refractivity contribution in [1.82, 2.24) is 15.2 Å². The summed E-state index contributed by atoms with van der Waals surface area (Å²) in [7, 11) is 0. The Morgan fingerprint density at radius 3 is 2.82 bits per heavy atom. The number of aryl methyl sites for hydroxylation is 1. The van der Waals surface area contributed by atoms with Crippen LogP contribution >= 0.6 is 23.1 Å². The third kappa shape index (κ3) is 3.56. The van der Waals surface area contributed by atoms with E-state index in [1.807, 2.05) is 17.5 Å². The Balaban J connectivity index is 1.68. The molecule has 0 bridgehead atoms. The second kappa shape index (κ2) is 6.77. The van der Waals surface area contributed by atoms with Crippen LogP contribution < -0.4 is 0 Å². The molecule has 4 nitrogen and oxygen atoms in total. The van der Waals surface area contributed by atoms with Gasteiger partial charge < -0.3 is 0 Å². The highest BCUT2D eigenvalue weighted by molar-refractivity contribution is 8.00. The van der Waals surface area contributed by atoms with Gasteiger partial charge in [-0.25, -0.2) is 4.98 Å². The topological polar surface area (TPSA) is 65.4 Å². The fraction of sp³-hybridized carbons (Fsp3) is 0.188. The van der Waals surface area contributed by atoms with E-state index in [1.165, 1.54) is 17.3 Å². The van der Waals surface area contributed by atoms with E-state index in [0.717, 1.165) is 16.3 Å². The van der Waals surface area contributed by atoms with Gasteiger partial charge in [-0.2, -0.15) is 5.26 Å². The summed E-state index contributed by atoms with van der Waals surface area (Å²) in [4.78, 5) is 5.50. The molecule has 0 aliphatic carbocycles. The number of aromatic amines is 1. The molecule has 110 valence electrons. The smallest absolute Gasteiger partial charge is 0.210 e. The minimum atomic E-state index is -0.199. The van der Waals surface area contributed by atoms with Crippen LogP contribution in [-0.4, -0.2) is 20.4 Å². The lowest BCUT2D eigenvalue weighted by Crippen LogP contribution is -2.04. The molecule has 0 fully saturated rings. The van der Waals surface area contributed by atoms with Crippen LogP contribution in [0, 0.1) is 18.3 Å². The van der Waals surface area contributed by atoms with E-state index in [1.54, 1.807) is 11.3 Å². The van der Waals surface area contributed by atoms with Crippen molar-refractivity contribution in [1.29, 1.82) is 5.26 Å². The zero-order valence-electron chi connectivity index (χ0n) is 12.0. The zero-order valence-corrected chi connectivity index (χ0v) is 13.6. The first-order valence-electron chi connectivity index (χ1n) is 6.82. The van der Waals surface area contributed by atoms with Gasteiger partial charge in [0.1, 0.15) is 5.25 Å². The Kier molecular flexibility index (Phi) is 4.56. The molecule has 2 heterocycles. The van der Waals surface area contributed by atoms with E-state index in [9.17, 15) is 5.26 Å². The van der Waals surface area contributed by atoms with Crippen LogP contribution in [0.3, 0.4) is 0 Å². The molecule has 0 aliphatic heterocycles. The van der Waals surface area contributed by atoms with Gasteiger partial charge in [0.2, 0.25) is 5.16 Å². The average Bonchev–Trinajstić information content (AvgIpc) is 3.19. The van der Waals surface area contributed by atoms with Crippen LogP contribution in [0.5, 0.6) is 0 Å². The van der Waals surface area contributed by atoms with Crippen LogP contribution in [0.25, 0.3) is 10.7 Å². The number of nitrogens with one attached hydrogen (secondary N) is 1. The molecule has 1 aromatic carbocycles. The van der Waals surface area contributed by atoms with Crippen molar-refractivity contribution in [3.8, 4) is 16.8 Å². The van der Waals surface area contributed by atoms with E-state index in [4.69, 9.17) is 0 Å². The number of thiophene rings is 1. The van der Waals surface area contributed by atoms with E-state index >= 15 is 0 Å². The summed E-state index contributed by atoms with van der Waals surface area (Å²) in [5.41, 5.74) is 2.37. The predicted molar refractivity (Wildman–Crippen MR) is 89.8 cm³/mol. The molecular weight excluding hydrogens is 312 g/mol. The lowest BCUT2D eigenvalue weighted by atomic mass is 10.1. The van der Waals surface area contributed by atoms with Gasteiger partial charge in [-0.1, -0.05) is 47.7 Å². The summed E-state index contributed by atoms with van der Waals surface area (Å²) in [6, 6.07) is 14.6. The maximum Gasteiger partial charge on any atom is 0.210 e. The lowest BCUT2D eigenvalue weighted by molar-refractivity contribution is 0.954. The first-order chi connectivity index (χ1) is 10.7.